The average Bonchev–Trinajstić information content (AvgIpc) is 3.22. The molecule has 1 aliphatic carbocycles. The molecule has 0 bridgehead atoms. The first kappa shape index (κ1) is 14.7. The Kier molecular flexibility index (Phi) is 4.01. The summed E-state index contributed by atoms with van der Waals surface area (Å²) in [6, 6.07) is 0.629. The van der Waals surface area contributed by atoms with Crippen LogP contribution in [0.25, 0.3) is 0 Å². The Labute approximate surface area is 119 Å². The molecule has 0 saturated heterocycles. The highest BCUT2D eigenvalue weighted by Crippen LogP contribution is 2.21. The molecule has 2 rings (SSSR count). The second kappa shape index (κ2) is 5.73. The molecule has 1 atom stereocenters. The minimum atomic E-state index is -1.43. The third-order valence-corrected chi connectivity index (χ3v) is 2.99. The van der Waals surface area contributed by atoms with Crippen molar-refractivity contribution < 1.29 is 19.6 Å². The summed E-state index contributed by atoms with van der Waals surface area (Å²) in [7, 11) is 0. The number of pyridine rings is 1. The molecular formula is C12H14N4O5. The van der Waals surface area contributed by atoms with Gasteiger partial charge in [0.05, 0.1) is 4.92 Å². The van der Waals surface area contributed by atoms with Gasteiger partial charge in [0.1, 0.15) is 23.6 Å². The maximum atomic E-state index is 11.8. The summed E-state index contributed by atoms with van der Waals surface area (Å²) in [5.74, 6) is -1.56. The number of nitro groups is 1. The summed E-state index contributed by atoms with van der Waals surface area (Å²) >= 11 is 0. The van der Waals surface area contributed by atoms with E-state index in [2.05, 4.69) is 15.6 Å². The molecule has 0 aromatic carbocycles. The molecule has 1 heterocycles. The monoisotopic (exact) mass is 294 g/mol. The summed E-state index contributed by atoms with van der Waals surface area (Å²) in [6.07, 6.45) is 2.77. The van der Waals surface area contributed by atoms with Crippen molar-refractivity contribution in [2.45, 2.75) is 31.8 Å². The van der Waals surface area contributed by atoms with Gasteiger partial charge in [0, 0.05) is 12.1 Å². The fourth-order valence-corrected chi connectivity index (χ4v) is 1.69. The van der Waals surface area contributed by atoms with Crippen LogP contribution in [0.5, 0.6) is 0 Å². The number of aromatic carboxylic acids is 1. The molecule has 1 fully saturated rings. The smallest absolute Gasteiger partial charge is 0.342 e. The number of carbonyl (C=O) groups is 2. The lowest BCUT2D eigenvalue weighted by Crippen LogP contribution is -2.38. The summed E-state index contributed by atoms with van der Waals surface area (Å²) in [6.45, 7) is 1.60. The Morgan fingerprint density at radius 2 is 2.19 bits per heavy atom. The Morgan fingerprint density at radius 1 is 1.52 bits per heavy atom. The third kappa shape index (κ3) is 3.65. The van der Waals surface area contributed by atoms with Gasteiger partial charge in [-0.15, -0.1) is 0 Å². The molecule has 1 unspecified atom stereocenters. The highest BCUT2D eigenvalue weighted by molar-refractivity contribution is 5.93. The number of nitrogens with one attached hydrogen (secondary N) is 2. The summed E-state index contributed by atoms with van der Waals surface area (Å²) in [5, 5.41) is 25.2. The van der Waals surface area contributed by atoms with Crippen LogP contribution in [0.15, 0.2) is 12.3 Å². The van der Waals surface area contributed by atoms with E-state index in [4.69, 9.17) is 5.11 Å². The van der Waals surface area contributed by atoms with E-state index in [9.17, 15) is 19.7 Å². The van der Waals surface area contributed by atoms with Gasteiger partial charge >= 0.3 is 11.7 Å². The van der Waals surface area contributed by atoms with E-state index in [1.165, 1.54) is 0 Å². The zero-order chi connectivity index (χ0) is 15.6. The quantitative estimate of drug-likeness (QED) is 0.521. The van der Waals surface area contributed by atoms with Crippen molar-refractivity contribution in [2.75, 3.05) is 5.32 Å². The summed E-state index contributed by atoms with van der Waals surface area (Å²) in [4.78, 5) is 36.4. The maximum Gasteiger partial charge on any atom is 0.342 e. The van der Waals surface area contributed by atoms with Crippen molar-refractivity contribution in [1.82, 2.24) is 10.3 Å². The number of carboxylic acid groups (broad SMARTS) is 1. The number of aromatic nitrogens is 1. The Hall–Kier alpha value is -2.71. The summed E-state index contributed by atoms with van der Waals surface area (Å²) in [5.41, 5.74) is -1.07. The number of anilines is 1. The molecule has 9 nitrogen and oxygen atoms in total. The molecule has 9 heteroatoms. The van der Waals surface area contributed by atoms with Crippen LogP contribution in [0.2, 0.25) is 0 Å². The first-order chi connectivity index (χ1) is 9.88. The zero-order valence-electron chi connectivity index (χ0n) is 11.2. The lowest BCUT2D eigenvalue weighted by molar-refractivity contribution is -0.385. The molecule has 112 valence electrons. The maximum absolute atomic E-state index is 11.8. The number of rotatable bonds is 6. The Balaban J connectivity index is 2.12. The molecule has 3 N–H and O–H groups in total. The number of nitrogens with zero attached hydrogens (tertiary/aromatic N) is 2. The first-order valence-electron chi connectivity index (χ1n) is 6.33. The predicted octanol–water partition coefficient (Wildman–Crippen LogP) is 0.767. The fraction of sp³-hybridized carbons (Fsp3) is 0.417. The molecule has 1 aromatic rings. The van der Waals surface area contributed by atoms with Gasteiger partial charge in [-0.25, -0.2) is 9.78 Å². The fourth-order valence-electron chi connectivity index (χ4n) is 1.69. The molecular weight excluding hydrogens is 280 g/mol. The van der Waals surface area contributed by atoms with Crippen molar-refractivity contribution in [3.63, 3.8) is 0 Å². The largest absolute Gasteiger partial charge is 0.477 e. The van der Waals surface area contributed by atoms with Crippen LogP contribution < -0.4 is 10.6 Å². The third-order valence-electron chi connectivity index (χ3n) is 2.99. The molecule has 1 aliphatic rings. The van der Waals surface area contributed by atoms with Crippen LogP contribution in [0.3, 0.4) is 0 Å². The number of carboxylic acids is 1. The zero-order valence-corrected chi connectivity index (χ0v) is 11.2. The van der Waals surface area contributed by atoms with E-state index in [1.54, 1.807) is 6.92 Å². The van der Waals surface area contributed by atoms with E-state index < -0.39 is 28.2 Å². The van der Waals surface area contributed by atoms with Crippen LogP contribution >= 0.6 is 0 Å². The minimum Gasteiger partial charge on any atom is -0.477 e. The lowest BCUT2D eigenvalue weighted by atomic mass is 10.2. The van der Waals surface area contributed by atoms with E-state index in [0.717, 1.165) is 25.1 Å². The van der Waals surface area contributed by atoms with Crippen LogP contribution in [-0.2, 0) is 4.79 Å². The molecule has 0 spiro atoms. The molecule has 1 amide bonds. The van der Waals surface area contributed by atoms with Crippen molar-refractivity contribution in [3.8, 4) is 0 Å². The van der Waals surface area contributed by atoms with Crippen LogP contribution in [0.4, 0.5) is 11.5 Å². The van der Waals surface area contributed by atoms with Crippen LogP contribution in [-0.4, -0.2) is 39.0 Å². The van der Waals surface area contributed by atoms with Gasteiger partial charge in [-0.2, -0.15) is 0 Å². The number of carbonyl (C=O) groups excluding carboxylic acids is 1. The van der Waals surface area contributed by atoms with Gasteiger partial charge in [-0.3, -0.25) is 14.9 Å². The highest BCUT2D eigenvalue weighted by atomic mass is 16.6. The molecule has 1 saturated carbocycles. The van der Waals surface area contributed by atoms with Gasteiger partial charge in [-0.05, 0) is 19.8 Å². The molecule has 1 aromatic heterocycles. The van der Waals surface area contributed by atoms with Crippen molar-refractivity contribution in [2.24, 2.45) is 0 Å². The van der Waals surface area contributed by atoms with E-state index in [0.29, 0.717) is 0 Å². The second-order valence-corrected chi connectivity index (χ2v) is 4.80. The topological polar surface area (TPSA) is 134 Å². The van der Waals surface area contributed by atoms with Crippen LogP contribution in [0.1, 0.15) is 30.1 Å². The number of amides is 1. The van der Waals surface area contributed by atoms with Crippen molar-refractivity contribution in [3.05, 3.63) is 27.9 Å². The van der Waals surface area contributed by atoms with Gasteiger partial charge in [0.2, 0.25) is 5.91 Å². The standard InChI is InChI=1S/C12H14N4O5/c1-6(11(17)15-7-2-3-7)14-10-4-8(12(18)19)9(5-13-10)16(20)21/h4-7H,2-3H2,1H3,(H,13,14)(H,15,17)(H,18,19). The molecule has 0 aliphatic heterocycles. The molecule has 21 heavy (non-hydrogen) atoms. The van der Waals surface area contributed by atoms with Gasteiger partial charge in [0.25, 0.3) is 0 Å². The van der Waals surface area contributed by atoms with Gasteiger partial charge in [-0.1, -0.05) is 0 Å². The van der Waals surface area contributed by atoms with Crippen molar-refractivity contribution in [1.29, 1.82) is 0 Å². The Bertz CT molecular complexity index is 599. The minimum absolute atomic E-state index is 0.0939. The average molecular weight is 294 g/mol. The lowest BCUT2D eigenvalue weighted by Gasteiger charge is -2.14. The number of hydrogen-bond acceptors (Lipinski definition) is 6. The van der Waals surface area contributed by atoms with Crippen molar-refractivity contribution >= 4 is 23.4 Å². The Morgan fingerprint density at radius 3 is 2.71 bits per heavy atom. The van der Waals surface area contributed by atoms with Crippen LogP contribution in [0, 0.1) is 10.1 Å². The predicted molar refractivity (Wildman–Crippen MR) is 72.1 cm³/mol. The normalized spacial score (nSPS) is 15.1. The van der Waals surface area contributed by atoms with Gasteiger partial charge in [0.15, 0.2) is 0 Å². The highest BCUT2D eigenvalue weighted by Gasteiger charge is 2.26. The second-order valence-electron chi connectivity index (χ2n) is 4.80. The van der Waals surface area contributed by atoms with E-state index >= 15 is 0 Å². The summed E-state index contributed by atoms with van der Waals surface area (Å²) < 4.78 is 0. The SMILES string of the molecule is CC(Nc1cc(C(=O)O)c([N+](=O)[O-])cn1)C(=O)NC1CC1. The molecule has 0 radical (unpaired) electrons. The van der Waals surface area contributed by atoms with E-state index in [-0.39, 0.29) is 17.8 Å². The van der Waals surface area contributed by atoms with Gasteiger partial charge < -0.3 is 15.7 Å². The van der Waals surface area contributed by atoms with E-state index in [1.807, 2.05) is 0 Å². The number of hydrogen-bond donors (Lipinski definition) is 3. The first-order valence-corrected chi connectivity index (χ1v) is 6.33.